The molecule has 0 radical (unpaired) electrons. The number of benzene rings is 1. The second-order valence-electron chi connectivity index (χ2n) is 6.31. The van der Waals surface area contributed by atoms with E-state index in [1.165, 1.54) is 5.56 Å². The molecule has 4 heteroatoms. The molecular formula is C17H27N3O. The van der Waals surface area contributed by atoms with E-state index in [2.05, 4.69) is 34.6 Å². The van der Waals surface area contributed by atoms with Gasteiger partial charge in [0.2, 0.25) is 5.91 Å². The second kappa shape index (κ2) is 7.05. The van der Waals surface area contributed by atoms with Crippen LogP contribution in [0.2, 0.25) is 0 Å². The van der Waals surface area contributed by atoms with E-state index in [1.54, 1.807) is 0 Å². The molecule has 4 nitrogen and oxygen atoms in total. The molecule has 0 saturated carbocycles. The number of carbonyl (C=O) groups is 1. The fourth-order valence-electron chi connectivity index (χ4n) is 3.00. The Morgan fingerprint density at radius 1 is 1.43 bits per heavy atom. The Kier molecular flexibility index (Phi) is 5.37. The zero-order chi connectivity index (χ0) is 15.3. The number of hydrogen-bond donors (Lipinski definition) is 2. The molecule has 1 fully saturated rings. The molecular weight excluding hydrogens is 262 g/mol. The van der Waals surface area contributed by atoms with E-state index < -0.39 is 0 Å². The van der Waals surface area contributed by atoms with Crippen LogP contribution in [0.5, 0.6) is 0 Å². The molecule has 0 aromatic heterocycles. The molecule has 1 heterocycles. The quantitative estimate of drug-likeness (QED) is 0.875. The van der Waals surface area contributed by atoms with Crippen molar-refractivity contribution in [3.63, 3.8) is 0 Å². The van der Waals surface area contributed by atoms with Gasteiger partial charge in [0, 0.05) is 18.8 Å². The predicted molar refractivity (Wildman–Crippen MR) is 87.3 cm³/mol. The van der Waals surface area contributed by atoms with Gasteiger partial charge in [0.05, 0.1) is 5.41 Å². The van der Waals surface area contributed by atoms with E-state index >= 15 is 0 Å². The largest absolute Gasteiger partial charge is 0.326 e. The number of rotatable bonds is 5. The standard InChI is InChI=1S/C17H27N3O/c1-4-17(9-6-10-18-13-17)16(21)19-15-8-5-7-14(11-15)12-20(2)3/h5,7-8,11,18H,4,6,9-10,12-13H2,1-3H3,(H,19,21). The van der Waals surface area contributed by atoms with Crippen molar-refractivity contribution in [3.8, 4) is 0 Å². The zero-order valence-electron chi connectivity index (χ0n) is 13.4. The first-order valence-electron chi connectivity index (χ1n) is 7.81. The van der Waals surface area contributed by atoms with Gasteiger partial charge in [-0.05, 0) is 57.6 Å². The minimum Gasteiger partial charge on any atom is -0.326 e. The average Bonchev–Trinajstić information content (AvgIpc) is 2.47. The van der Waals surface area contributed by atoms with Gasteiger partial charge in [0.1, 0.15) is 0 Å². The van der Waals surface area contributed by atoms with Gasteiger partial charge in [-0.2, -0.15) is 0 Å². The maximum atomic E-state index is 12.7. The van der Waals surface area contributed by atoms with Crippen molar-refractivity contribution in [2.45, 2.75) is 32.7 Å². The summed E-state index contributed by atoms with van der Waals surface area (Å²) < 4.78 is 0. The normalized spacial score (nSPS) is 22.3. The van der Waals surface area contributed by atoms with Gasteiger partial charge >= 0.3 is 0 Å². The number of amides is 1. The van der Waals surface area contributed by atoms with Gasteiger partial charge < -0.3 is 15.5 Å². The zero-order valence-corrected chi connectivity index (χ0v) is 13.4. The Labute approximate surface area is 127 Å². The molecule has 1 atom stereocenters. The molecule has 21 heavy (non-hydrogen) atoms. The number of piperidine rings is 1. The molecule has 0 aliphatic carbocycles. The Morgan fingerprint density at radius 2 is 2.24 bits per heavy atom. The Morgan fingerprint density at radius 3 is 2.86 bits per heavy atom. The van der Waals surface area contributed by atoms with Gasteiger partial charge in [-0.1, -0.05) is 19.1 Å². The maximum Gasteiger partial charge on any atom is 0.231 e. The number of anilines is 1. The number of nitrogens with zero attached hydrogens (tertiary/aromatic N) is 1. The SMILES string of the molecule is CCC1(C(=O)Nc2cccc(CN(C)C)c2)CCCNC1. The lowest BCUT2D eigenvalue weighted by Gasteiger charge is -2.35. The molecule has 1 unspecified atom stereocenters. The lowest BCUT2D eigenvalue weighted by Crippen LogP contribution is -2.47. The van der Waals surface area contributed by atoms with Crippen LogP contribution in [0.15, 0.2) is 24.3 Å². The molecule has 0 bridgehead atoms. The lowest BCUT2D eigenvalue weighted by atomic mass is 9.77. The van der Waals surface area contributed by atoms with E-state index in [0.29, 0.717) is 0 Å². The number of carbonyl (C=O) groups excluding carboxylic acids is 1. The molecule has 1 aromatic rings. The number of hydrogen-bond acceptors (Lipinski definition) is 3. The van der Waals surface area contributed by atoms with Crippen molar-refractivity contribution in [2.24, 2.45) is 5.41 Å². The highest BCUT2D eigenvalue weighted by Gasteiger charge is 2.37. The van der Waals surface area contributed by atoms with Gasteiger partial charge in [0.15, 0.2) is 0 Å². The van der Waals surface area contributed by atoms with E-state index in [9.17, 15) is 4.79 Å². The van der Waals surface area contributed by atoms with Crippen LogP contribution < -0.4 is 10.6 Å². The van der Waals surface area contributed by atoms with Gasteiger partial charge in [-0.15, -0.1) is 0 Å². The minimum absolute atomic E-state index is 0.152. The summed E-state index contributed by atoms with van der Waals surface area (Å²) in [5, 5.41) is 6.48. The van der Waals surface area contributed by atoms with Crippen molar-refractivity contribution >= 4 is 11.6 Å². The summed E-state index contributed by atoms with van der Waals surface area (Å²) in [6.45, 7) is 4.79. The molecule has 1 saturated heterocycles. The molecule has 116 valence electrons. The van der Waals surface area contributed by atoms with E-state index in [-0.39, 0.29) is 11.3 Å². The first kappa shape index (κ1) is 16.0. The van der Waals surface area contributed by atoms with Crippen LogP contribution in [0.3, 0.4) is 0 Å². The van der Waals surface area contributed by atoms with Crippen molar-refractivity contribution < 1.29 is 4.79 Å². The molecule has 0 spiro atoms. The second-order valence-corrected chi connectivity index (χ2v) is 6.31. The number of nitrogens with one attached hydrogen (secondary N) is 2. The van der Waals surface area contributed by atoms with E-state index in [0.717, 1.165) is 44.6 Å². The fourth-order valence-corrected chi connectivity index (χ4v) is 3.00. The first-order valence-corrected chi connectivity index (χ1v) is 7.81. The van der Waals surface area contributed by atoms with Crippen LogP contribution in [-0.2, 0) is 11.3 Å². The monoisotopic (exact) mass is 289 g/mol. The molecule has 1 aromatic carbocycles. The summed E-state index contributed by atoms with van der Waals surface area (Å²) in [4.78, 5) is 14.8. The smallest absolute Gasteiger partial charge is 0.231 e. The van der Waals surface area contributed by atoms with Gasteiger partial charge in [-0.25, -0.2) is 0 Å². The summed E-state index contributed by atoms with van der Waals surface area (Å²) in [7, 11) is 4.09. The molecule has 2 rings (SSSR count). The van der Waals surface area contributed by atoms with Gasteiger partial charge in [-0.3, -0.25) is 4.79 Å². The van der Waals surface area contributed by atoms with Crippen LogP contribution >= 0.6 is 0 Å². The average molecular weight is 289 g/mol. The van der Waals surface area contributed by atoms with Gasteiger partial charge in [0.25, 0.3) is 0 Å². The van der Waals surface area contributed by atoms with Crippen molar-refractivity contribution in [1.82, 2.24) is 10.2 Å². The third-order valence-electron chi connectivity index (χ3n) is 4.31. The predicted octanol–water partition coefficient (Wildman–Crippen LogP) is 2.47. The van der Waals surface area contributed by atoms with Crippen LogP contribution in [0.25, 0.3) is 0 Å². The third kappa shape index (κ3) is 4.05. The van der Waals surface area contributed by atoms with Crippen LogP contribution in [0.1, 0.15) is 31.7 Å². The minimum atomic E-state index is -0.254. The van der Waals surface area contributed by atoms with Crippen LogP contribution in [-0.4, -0.2) is 38.0 Å². The molecule has 1 amide bonds. The molecule has 1 aliphatic heterocycles. The fraction of sp³-hybridized carbons (Fsp3) is 0.588. The van der Waals surface area contributed by atoms with Crippen molar-refractivity contribution in [1.29, 1.82) is 0 Å². The Bertz CT molecular complexity index is 479. The first-order chi connectivity index (χ1) is 10.1. The van der Waals surface area contributed by atoms with Crippen LogP contribution in [0, 0.1) is 5.41 Å². The molecule has 2 N–H and O–H groups in total. The van der Waals surface area contributed by atoms with E-state index in [4.69, 9.17) is 0 Å². The highest BCUT2D eigenvalue weighted by molar-refractivity contribution is 5.95. The van der Waals surface area contributed by atoms with Crippen LogP contribution in [0.4, 0.5) is 5.69 Å². The maximum absolute atomic E-state index is 12.7. The van der Waals surface area contributed by atoms with Crippen molar-refractivity contribution in [2.75, 3.05) is 32.5 Å². The topological polar surface area (TPSA) is 44.4 Å². The summed E-state index contributed by atoms with van der Waals surface area (Å²) >= 11 is 0. The summed E-state index contributed by atoms with van der Waals surface area (Å²) in [5.74, 6) is 0.152. The third-order valence-corrected chi connectivity index (χ3v) is 4.31. The Hall–Kier alpha value is -1.39. The highest BCUT2D eigenvalue weighted by atomic mass is 16.2. The lowest BCUT2D eigenvalue weighted by molar-refractivity contribution is -0.126. The highest BCUT2D eigenvalue weighted by Crippen LogP contribution is 2.31. The van der Waals surface area contributed by atoms with E-state index in [1.807, 2.05) is 26.2 Å². The molecule has 1 aliphatic rings. The summed E-state index contributed by atoms with van der Waals surface area (Å²) in [6, 6.07) is 8.13. The Balaban J connectivity index is 2.07. The van der Waals surface area contributed by atoms with Crippen molar-refractivity contribution in [3.05, 3.63) is 29.8 Å². The summed E-state index contributed by atoms with van der Waals surface area (Å²) in [6.07, 6.45) is 2.92. The summed E-state index contributed by atoms with van der Waals surface area (Å²) in [5.41, 5.74) is 1.86.